The number of aliphatic hydroxyl groups is 1. The summed E-state index contributed by atoms with van der Waals surface area (Å²) in [7, 11) is 0. The zero-order valence-corrected chi connectivity index (χ0v) is 21.7. The third kappa shape index (κ3) is 4.16. The van der Waals surface area contributed by atoms with Crippen LogP contribution in [0.5, 0.6) is 5.75 Å². The van der Waals surface area contributed by atoms with Crippen molar-refractivity contribution in [3.63, 3.8) is 0 Å². The molecule has 3 heterocycles. The van der Waals surface area contributed by atoms with E-state index in [1.54, 1.807) is 6.92 Å². The second kappa shape index (κ2) is 9.37. The van der Waals surface area contributed by atoms with Crippen LogP contribution in [0.25, 0.3) is 20.8 Å². The average Bonchev–Trinajstić information content (AvgIpc) is 3.59. The second-order valence-electron chi connectivity index (χ2n) is 8.79. The fourth-order valence-corrected chi connectivity index (χ4v) is 6.55. The molecule has 2 aromatic heterocycles. The average molecular weight is 562 g/mol. The molecule has 7 nitrogen and oxygen atoms in total. The van der Waals surface area contributed by atoms with Crippen LogP contribution in [0.15, 0.2) is 78.1 Å². The maximum atomic E-state index is 14.5. The number of phenols is 1. The van der Waals surface area contributed by atoms with Gasteiger partial charge in [-0.05, 0) is 30.7 Å². The van der Waals surface area contributed by atoms with Crippen molar-refractivity contribution in [1.82, 2.24) is 9.97 Å². The number of rotatable bonds is 5. The van der Waals surface area contributed by atoms with Crippen LogP contribution in [-0.4, -0.2) is 31.9 Å². The number of carbonyl (C=O) groups excluding carboxylic acids is 2. The number of nitrogens with zero attached hydrogens (tertiary/aromatic N) is 3. The molecule has 0 spiro atoms. The van der Waals surface area contributed by atoms with Gasteiger partial charge in [-0.1, -0.05) is 53.8 Å². The van der Waals surface area contributed by atoms with Crippen LogP contribution in [-0.2, 0) is 4.79 Å². The summed E-state index contributed by atoms with van der Waals surface area (Å²) in [6, 6.07) is 15.7. The lowest BCUT2D eigenvalue weighted by Gasteiger charge is -2.24. The van der Waals surface area contributed by atoms with Crippen molar-refractivity contribution in [3.8, 4) is 16.3 Å². The number of benzene rings is 3. The minimum absolute atomic E-state index is 0.0297. The summed E-state index contributed by atoms with van der Waals surface area (Å²) in [6.07, 6.45) is 0. The van der Waals surface area contributed by atoms with Gasteiger partial charge >= 0.3 is 0 Å². The lowest BCUT2D eigenvalue weighted by atomic mass is 9.95. The van der Waals surface area contributed by atoms with E-state index in [1.165, 1.54) is 24.3 Å². The number of thiazole rings is 2. The van der Waals surface area contributed by atoms with Crippen LogP contribution in [0.3, 0.4) is 0 Å². The van der Waals surface area contributed by atoms with Gasteiger partial charge < -0.3 is 10.2 Å². The molecule has 6 rings (SSSR count). The molecule has 39 heavy (non-hydrogen) atoms. The van der Waals surface area contributed by atoms with E-state index in [4.69, 9.17) is 0 Å². The van der Waals surface area contributed by atoms with E-state index >= 15 is 0 Å². The van der Waals surface area contributed by atoms with Crippen LogP contribution in [0, 0.1) is 18.6 Å². The van der Waals surface area contributed by atoms with Gasteiger partial charge in [0.2, 0.25) is 5.78 Å². The summed E-state index contributed by atoms with van der Waals surface area (Å²) in [5, 5.41) is 21.4. The Balaban J connectivity index is 1.49. The molecule has 3 aromatic carbocycles. The fourth-order valence-electron chi connectivity index (χ4n) is 4.49. The maximum Gasteiger partial charge on any atom is 0.296 e. The number of aromatic hydroxyl groups is 1. The Morgan fingerprint density at radius 1 is 0.974 bits per heavy atom. The van der Waals surface area contributed by atoms with Crippen molar-refractivity contribution in [3.05, 3.63) is 106 Å². The summed E-state index contributed by atoms with van der Waals surface area (Å²) >= 11 is 1.98. The minimum atomic E-state index is -1.15. The van der Waals surface area contributed by atoms with E-state index in [-0.39, 0.29) is 31.5 Å². The summed E-state index contributed by atoms with van der Waals surface area (Å²) < 4.78 is 28.5. The van der Waals surface area contributed by atoms with E-state index in [2.05, 4.69) is 9.97 Å². The quantitative estimate of drug-likeness (QED) is 0.238. The number of amides is 1. The third-order valence-electron chi connectivity index (χ3n) is 6.29. The number of ketones is 1. The van der Waals surface area contributed by atoms with Crippen molar-refractivity contribution in [2.24, 2.45) is 0 Å². The van der Waals surface area contributed by atoms with E-state index < -0.39 is 35.1 Å². The Labute approximate surface area is 228 Å². The lowest BCUT2D eigenvalue weighted by molar-refractivity contribution is -0.117. The Hall–Kier alpha value is -4.48. The number of carbonyl (C=O) groups is 2. The SMILES string of the molecule is Cc1nc(-c2ccccc2)sc1C(=O)C1=C(O)C(=O)N(c2nc3c(F)cc(F)cc3s2)C1c1ccc(O)cc1. The molecule has 0 saturated carbocycles. The Bertz CT molecular complexity index is 1810. The Kier molecular flexibility index (Phi) is 5.96. The third-order valence-corrected chi connectivity index (χ3v) is 8.50. The minimum Gasteiger partial charge on any atom is -0.508 e. The zero-order chi connectivity index (χ0) is 27.4. The number of aromatic nitrogens is 2. The van der Waals surface area contributed by atoms with Crippen molar-refractivity contribution < 1.29 is 28.6 Å². The number of aryl methyl sites for hydroxylation is 1. The molecule has 11 heteroatoms. The maximum absolute atomic E-state index is 14.5. The molecule has 2 N–H and O–H groups in total. The fraction of sp³-hybridized carbons (Fsp3) is 0.0714. The molecule has 0 saturated heterocycles. The Morgan fingerprint density at radius 3 is 2.41 bits per heavy atom. The van der Waals surface area contributed by atoms with Gasteiger partial charge in [0.15, 0.2) is 16.7 Å². The lowest BCUT2D eigenvalue weighted by Crippen LogP contribution is -2.30. The van der Waals surface area contributed by atoms with Crippen molar-refractivity contribution in [2.75, 3.05) is 4.90 Å². The van der Waals surface area contributed by atoms with Gasteiger partial charge in [-0.3, -0.25) is 14.5 Å². The first-order valence-corrected chi connectivity index (χ1v) is 13.2. The number of Topliss-reactive ketones (excluding diaryl/α,β-unsaturated/α-hetero) is 1. The highest BCUT2D eigenvalue weighted by Crippen LogP contribution is 2.45. The predicted octanol–water partition coefficient (Wildman–Crippen LogP) is 6.49. The highest BCUT2D eigenvalue weighted by Gasteiger charge is 2.46. The Morgan fingerprint density at radius 2 is 1.69 bits per heavy atom. The second-order valence-corrected chi connectivity index (χ2v) is 10.8. The summed E-state index contributed by atoms with van der Waals surface area (Å²) in [6.45, 7) is 1.67. The number of hydrogen-bond donors (Lipinski definition) is 2. The standard InChI is InChI=1S/C28H17F2N3O4S2/c1-13-25(39-26(31-13)15-5-3-2-4-6-15)23(35)20-22(14-7-9-17(34)10-8-14)33(27(37)24(20)36)28-32-21-18(30)11-16(29)12-19(21)38-28/h2-12,22,34,36H,1H3. The van der Waals surface area contributed by atoms with Gasteiger partial charge in [0.25, 0.3) is 5.91 Å². The normalized spacial score (nSPS) is 15.5. The van der Waals surface area contributed by atoms with Crippen molar-refractivity contribution in [2.45, 2.75) is 13.0 Å². The van der Waals surface area contributed by atoms with Gasteiger partial charge in [-0.2, -0.15) is 0 Å². The molecule has 5 aromatic rings. The van der Waals surface area contributed by atoms with Crippen LogP contribution >= 0.6 is 22.7 Å². The molecule has 194 valence electrons. The van der Waals surface area contributed by atoms with Crippen LogP contribution in [0.4, 0.5) is 13.9 Å². The predicted molar refractivity (Wildman–Crippen MR) is 144 cm³/mol. The smallest absolute Gasteiger partial charge is 0.296 e. The van der Waals surface area contributed by atoms with Gasteiger partial charge in [-0.15, -0.1) is 11.3 Å². The summed E-state index contributed by atoms with van der Waals surface area (Å²) in [4.78, 5) is 37.5. The number of hydrogen-bond acceptors (Lipinski definition) is 8. The topological polar surface area (TPSA) is 104 Å². The monoisotopic (exact) mass is 561 g/mol. The molecule has 0 fully saturated rings. The molecule has 1 unspecified atom stereocenters. The van der Waals surface area contributed by atoms with Gasteiger partial charge in [-0.25, -0.2) is 18.7 Å². The molecular formula is C28H17F2N3O4S2. The molecule has 1 aliphatic rings. The number of halogens is 2. The molecule has 1 atom stereocenters. The summed E-state index contributed by atoms with van der Waals surface area (Å²) in [5.41, 5.74) is 1.29. The first kappa shape index (κ1) is 24.8. The molecule has 0 bridgehead atoms. The zero-order valence-electron chi connectivity index (χ0n) is 20.1. The van der Waals surface area contributed by atoms with Crippen molar-refractivity contribution in [1.29, 1.82) is 0 Å². The van der Waals surface area contributed by atoms with Crippen molar-refractivity contribution >= 4 is 49.7 Å². The van der Waals surface area contributed by atoms with Crippen LogP contribution < -0.4 is 4.90 Å². The molecule has 0 radical (unpaired) electrons. The molecule has 1 amide bonds. The molecular weight excluding hydrogens is 544 g/mol. The first-order chi connectivity index (χ1) is 18.7. The molecule has 0 aliphatic carbocycles. The van der Waals surface area contributed by atoms with E-state index in [9.17, 15) is 28.6 Å². The highest BCUT2D eigenvalue weighted by atomic mass is 32.1. The number of fused-ring (bicyclic) bond motifs is 1. The van der Waals surface area contributed by atoms with E-state index in [0.717, 1.165) is 39.2 Å². The van der Waals surface area contributed by atoms with Gasteiger partial charge in [0.1, 0.15) is 22.1 Å². The summed E-state index contributed by atoms with van der Waals surface area (Å²) in [5.74, 6) is -4.04. The van der Waals surface area contributed by atoms with Gasteiger partial charge in [0.05, 0.1) is 26.9 Å². The van der Waals surface area contributed by atoms with E-state index in [0.29, 0.717) is 22.3 Å². The molecule has 1 aliphatic heterocycles. The number of anilines is 1. The van der Waals surface area contributed by atoms with Crippen LogP contribution in [0.1, 0.15) is 27.0 Å². The van der Waals surface area contributed by atoms with Crippen LogP contribution in [0.2, 0.25) is 0 Å². The van der Waals surface area contributed by atoms with E-state index in [1.807, 2.05) is 30.3 Å². The largest absolute Gasteiger partial charge is 0.508 e. The van der Waals surface area contributed by atoms with Gasteiger partial charge in [0, 0.05) is 11.6 Å². The highest BCUT2D eigenvalue weighted by molar-refractivity contribution is 7.22. The number of aliphatic hydroxyl groups excluding tert-OH is 1. The first-order valence-electron chi connectivity index (χ1n) is 11.6. The number of phenolic OH excluding ortho intramolecular Hbond substituents is 1.